The third kappa shape index (κ3) is 5.49. The molecule has 1 aliphatic heterocycles. The first-order chi connectivity index (χ1) is 17.0. The normalized spacial score (nSPS) is 15.1. The fraction of sp³-hybridized carbons (Fsp3) is 0.276. The molecule has 35 heavy (non-hydrogen) atoms. The molecule has 1 aliphatic rings. The Morgan fingerprint density at radius 1 is 1.00 bits per heavy atom. The molecule has 1 heterocycles. The first-order valence-corrected chi connectivity index (χ1v) is 12.0. The van der Waals surface area contributed by atoms with E-state index in [1.807, 2.05) is 42.5 Å². The zero-order valence-corrected chi connectivity index (χ0v) is 20.5. The Kier molecular flexibility index (Phi) is 7.73. The summed E-state index contributed by atoms with van der Waals surface area (Å²) in [5, 5.41) is 2.92. The molecular weight excluding hydrogens is 438 g/mol. The molecule has 3 aromatic rings. The number of fused-ring (bicyclic) bond motifs is 1. The summed E-state index contributed by atoms with van der Waals surface area (Å²) in [5.41, 5.74) is 5.37. The molecule has 4 rings (SSSR count). The molecule has 6 nitrogen and oxygen atoms in total. The molecule has 1 unspecified atom stereocenters. The maximum absolute atomic E-state index is 13.1. The minimum Gasteiger partial charge on any atom is -0.465 e. The summed E-state index contributed by atoms with van der Waals surface area (Å²) in [6.07, 6.45) is 1.13. The second kappa shape index (κ2) is 11.1. The highest BCUT2D eigenvalue weighted by Crippen LogP contribution is 2.37. The molecule has 1 atom stereocenters. The van der Waals surface area contributed by atoms with Crippen LogP contribution >= 0.6 is 0 Å². The van der Waals surface area contributed by atoms with Gasteiger partial charge in [0, 0.05) is 12.2 Å². The average molecular weight is 470 g/mol. The lowest BCUT2D eigenvalue weighted by Crippen LogP contribution is -2.23. The zero-order chi connectivity index (χ0) is 24.8. The number of hydrogen-bond acceptors (Lipinski definition) is 5. The third-order valence-corrected chi connectivity index (χ3v) is 6.23. The van der Waals surface area contributed by atoms with Crippen LogP contribution in [0.1, 0.15) is 53.2 Å². The van der Waals surface area contributed by atoms with Gasteiger partial charge in [-0.05, 0) is 60.5 Å². The lowest BCUT2D eigenvalue weighted by Gasteiger charge is -2.19. The van der Waals surface area contributed by atoms with Crippen molar-refractivity contribution in [2.45, 2.75) is 32.7 Å². The van der Waals surface area contributed by atoms with Crippen LogP contribution in [0.3, 0.4) is 0 Å². The minimum absolute atomic E-state index is 0.167. The number of aliphatic imine (C=N–C) groups is 1. The molecular formula is C29H31N3O3. The molecule has 0 aromatic heterocycles. The largest absolute Gasteiger partial charge is 0.465 e. The van der Waals surface area contributed by atoms with Gasteiger partial charge in [0.25, 0.3) is 0 Å². The summed E-state index contributed by atoms with van der Waals surface area (Å²) in [6.45, 7) is 7.36. The third-order valence-electron chi connectivity index (χ3n) is 6.23. The van der Waals surface area contributed by atoms with Gasteiger partial charge in [-0.3, -0.25) is 14.7 Å². The summed E-state index contributed by atoms with van der Waals surface area (Å²) in [7, 11) is 1.34. The van der Waals surface area contributed by atoms with E-state index in [2.05, 4.69) is 36.2 Å². The number of hydrogen-bond donors (Lipinski definition) is 1. The predicted molar refractivity (Wildman–Crippen MR) is 139 cm³/mol. The Morgan fingerprint density at radius 2 is 1.74 bits per heavy atom. The van der Waals surface area contributed by atoms with Crippen LogP contribution in [0.25, 0.3) is 0 Å². The van der Waals surface area contributed by atoms with Gasteiger partial charge in [-0.25, -0.2) is 4.79 Å². The van der Waals surface area contributed by atoms with Gasteiger partial charge in [0.05, 0.1) is 24.1 Å². The molecule has 1 N–H and O–H groups in total. The van der Waals surface area contributed by atoms with Crippen molar-refractivity contribution in [3.63, 3.8) is 0 Å². The average Bonchev–Trinajstić information content (AvgIpc) is 3.22. The lowest BCUT2D eigenvalue weighted by molar-refractivity contribution is -0.115. The van der Waals surface area contributed by atoms with E-state index in [0.717, 1.165) is 42.9 Å². The molecule has 0 fully saturated rings. The van der Waals surface area contributed by atoms with E-state index in [-0.39, 0.29) is 5.91 Å². The second-order valence-electron chi connectivity index (χ2n) is 8.61. The molecule has 1 amide bonds. The summed E-state index contributed by atoms with van der Waals surface area (Å²) < 4.78 is 4.82. The van der Waals surface area contributed by atoms with E-state index in [0.29, 0.717) is 17.0 Å². The fourth-order valence-corrected chi connectivity index (χ4v) is 4.42. The van der Waals surface area contributed by atoms with Crippen molar-refractivity contribution < 1.29 is 14.3 Å². The summed E-state index contributed by atoms with van der Waals surface area (Å²) in [6, 6.07) is 23.1. The van der Waals surface area contributed by atoms with Crippen LogP contribution in [0.4, 0.5) is 11.4 Å². The van der Waals surface area contributed by atoms with E-state index in [4.69, 9.17) is 9.73 Å². The van der Waals surface area contributed by atoms with Crippen molar-refractivity contribution in [2.75, 3.05) is 25.5 Å². The number of carbonyl (C=O) groups is 2. The van der Waals surface area contributed by atoms with Crippen molar-refractivity contribution in [1.29, 1.82) is 0 Å². The summed E-state index contributed by atoms with van der Waals surface area (Å²) >= 11 is 0. The molecule has 0 spiro atoms. The van der Waals surface area contributed by atoms with Gasteiger partial charge in [0.2, 0.25) is 5.91 Å². The molecule has 180 valence electrons. The first-order valence-electron chi connectivity index (χ1n) is 12.0. The first kappa shape index (κ1) is 24.4. The highest BCUT2D eigenvalue weighted by Gasteiger charge is 2.36. The van der Waals surface area contributed by atoms with E-state index in [1.165, 1.54) is 12.7 Å². The van der Waals surface area contributed by atoms with Crippen LogP contribution in [0.5, 0.6) is 0 Å². The molecule has 0 aliphatic carbocycles. The second-order valence-corrected chi connectivity index (χ2v) is 8.61. The van der Waals surface area contributed by atoms with Crippen molar-refractivity contribution in [1.82, 2.24) is 4.90 Å². The van der Waals surface area contributed by atoms with Gasteiger partial charge in [0.1, 0.15) is 5.92 Å². The number of amides is 1. The van der Waals surface area contributed by atoms with Gasteiger partial charge in [-0.1, -0.05) is 62.4 Å². The van der Waals surface area contributed by atoms with Crippen molar-refractivity contribution in [2.24, 2.45) is 4.99 Å². The Morgan fingerprint density at radius 3 is 2.40 bits per heavy atom. The number of carbonyl (C=O) groups excluding carboxylic acids is 2. The van der Waals surface area contributed by atoms with Crippen molar-refractivity contribution in [3.8, 4) is 0 Å². The molecule has 0 saturated carbocycles. The van der Waals surface area contributed by atoms with Crippen molar-refractivity contribution >= 4 is 29.0 Å². The summed E-state index contributed by atoms with van der Waals surface area (Å²) in [5.74, 6) is -1.19. The number of nitrogens with zero attached hydrogens (tertiary/aromatic N) is 2. The Labute approximate surface area is 206 Å². The Hall–Kier alpha value is -3.77. The molecule has 3 aromatic carbocycles. The maximum Gasteiger partial charge on any atom is 0.337 e. The predicted octanol–water partition coefficient (Wildman–Crippen LogP) is 5.56. The van der Waals surface area contributed by atoms with Gasteiger partial charge in [-0.15, -0.1) is 0 Å². The summed E-state index contributed by atoms with van der Waals surface area (Å²) in [4.78, 5) is 32.5. The van der Waals surface area contributed by atoms with Crippen LogP contribution in [0.2, 0.25) is 0 Å². The van der Waals surface area contributed by atoms with Crippen molar-refractivity contribution in [3.05, 3.63) is 95.1 Å². The Bertz CT molecular complexity index is 1220. The molecule has 0 saturated heterocycles. The number of nitrogens with one attached hydrogen (secondary N) is 1. The standard InChI is InChI=1S/C29H31N3O3/c1-4-17-32(5-2)19-20-11-14-23(15-12-20)30-27(21-9-7-6-8-10-21)26-24-16-13-22(29(34)35-3)18-25(24)31-28(26)33/h6-16,18,26H,4-5,17,19H2,1-3H3,(H,31,33). The highest BCUT2D eigenvalue weighted by molar-refractivity contribution is 6.24. The number of ether oxygens (including phenoxy) is 1. The molecule has 6 heteroatoms. The van der Waals surface area contributed by atoms with Crippen LogP contribution in [-0.2, 0) is 16.1 Å². The number of esters is 1. The quantitative estimate of drug-likeness (QED) is 0.329. The molecule has 0 radical (unpaired) electrons. The van der Waals surface area contributed by atoms with Crippen LogP contribution < -0.4 is 5.32 Å². The minimum atomic E-state index is -0.584. The van der Waals surface area contributed by atoms with Crippen LogP contribution in [0, 0.1) is 0 Å². The maximum atomic E-state index is 13.1. The highest BCUT2D eigenvalue weighted by atomic mass is 16.5. The fourth-order valence-electron chi connectivity index (χ4n) is 4.42. The smallest absolute Gasteiger partial charge is 0.337 e. The van der Waals surface area contributed by atoms with E-state index in [9.17, 15) is 9.59 Å². The zero-order valence-electron chi connectivity index (χ0n) is 20.5. The number of benzene rings is 3. The van der Waals surface area contributed by atoms with Gasteiger partial charge >= 0.3 is 5.97 Å². The number of rotatable bonds is 9. The number of methoxy groups -OCH3 is 1. The van der Waals surface area contributed by atoms with E-state index in [1.54, 1.807) is 18.2 Å². The van der Waals surface area contributed by atoms with Gasteiger partial charge in [-0.2, -0.15) is 0 Å². The van der Waals surface area contributed by atoms with Gasteiger partial charge in [0.15, 0.2) is 0 Å². The van der Waals surface area contributed by atoms with Crippen LogP contribution in [-0.4, -0.2) is 42.7 Å². The monoisotopic (exact) mass is 469 g/mol. The molecule has 0 bridgehead atoms. The Balaban J connectivity index is 1.70. The van der Waals surface area contributed by atoms with E-state index < -0.39 is 11.9 Å². The number of anilines is 1. The topological polar surface area (TPSA) is 71.0 Å². The SMILES string of the molecule is CCCN(CC)Cc1ccc(N=C(c2ccccc2)C2C(=O)Nc3cc(C(=O)OC)ccc32)cc1. The van der Waals surface area contributed by atoms with Crippen LogP contribution in [0.15, 0.2) is 77.8 Å². The van der Waals surface area contributed by atoms with Gasteiger partial charge < -0.3 is 10.1 Å². The van der Waals surface area contributed by atoms with E-state index >= 15 is 0 Å². The lowest BCUT2D eigenvalue weighted by atomic mass is 9.90.